The molecule has 0 saturated carbocycles. The van der Waals surface area contributed by atoms with Crippen LogP contribution in [0.2, 0.25) is 0 Å². The van der Waals surface area contributed by atoms with E-state index in [9.17, 15) is 4.79 Å². The van der Waals surface area contributed by atoms with Crippen LogP contribution in [0.15, 0.2) is 48.5 Å². The topological polar surface area (TPSA) is 29.5 Å². The second-order valence-corrected chi connectivity index (χ2v) is 6.16. The van der Waals surface area contributed by atoms with Crippen LogP contribution in [0.3, 0.4) is 0 Å². The molecule has 0 N–H and O–H groups in total. The fourth-order valence-corrected chi connectivity index (χ4v) is 2.86. The number of carbonyl (C=O) groups is 1. The van der Waals surface area contributed by atoms with Crippen molar-refractivity contribution in [3.63, 3.8) is 0 Å². The third kappa shape index (κ3) is 3.00. The molecule has 0 aliphatic carbocycles. The van der Waals surface area contributed by atoms with Crippen molar-refractivity contribution in [2.24, 2.45) is 5.92 Å². The molecule has 1 aliphatic rings. The Morgan fingerprint density at radius 3 is 2.43 bits per heavy atom. The van der Waals surface area contributed by atoms with Gasteiger partial charge in [-0.1, -0.05) is 44.2 Å². The van der Waals surface area contributed by atoms with Crippen LogP contribution in [0.1, 0.15) is 25.0 Å². The molecule has 0 bridgehead atoms. The lowest BCUT2D eigenvalue weighted by Crippen LogP contribution is -2.30. The van der Waals surface area contributed by atoms with Gasteiger partial charge in [-0.05, 0) is 35.8 Å². The highest BCUT2D eigenvalue weighted by Crippen LogP contribution is 2.38. The number of fused-ring (bicyclic) bond motifs is 1. The Hall–Kier alpha value is -2.55. The summed E-state index contributed by atoms with van der Waals surface area (Å²) in [7, 11) is 1.65. The summed E-state index contributed by atoms with van der Waals surface area (Å²) in [4.78, 5) is 14.7. The number of methoxy groups -OCH3 is 1. The summed E-state index contributed by atoms with van der Waals surface area (Å²) >= 11 is 0. The van der Waals surface area contributed by atoms with Crippen molar-refractivity contribution in [1.82, 2.24) is 0 Å². The van der Waals surface area contributed by atoms with Crippen molar-refractivity contribution in [3.8, 4) is 5.75 Å². The fourth-order valence-electron chi connectivity index (χ4n) is 2.86. The number of para-hydroxylation sites is 1. The van der Waals surface area contributed by atoms with Gasteiger partial charge in [0.15, 0.2) is 0 Å². The van der Waals surface area contributed by atoms with Crippen LogP contribution in [0.25, 0.3) is 11.6 Å². The van der Waals surface area contributed by atoms with E-state index in [4.69, 9.17) is 4.74 Å². The zero-order valence-corrected chi connectivity index (χ0v) is 13.7. The minimum Gasteiger partial charge on any atom is -0.497 e. The number of amides is 1. The van der Waals surface area contributed by atoms with Crippen LogP contribution >= 0.6 is 0 Å². The molecule has 23 heavy (non-hydrogen) atoms. The SMILES string of the molecule is COc1ccc(/C=C2\C(=O)N(CC(C)C)c3ccccc32)cc1. The lowest BCUT2D eigenvalue weighted by Gasteiger charge is -2.19. The van der Waals surface area contributed by atoms with Gasteiger partial charge in [0.1, 0.15) is 5.75 Å². The Morgan fingerprint density at radius 2 is 1.78 bits per heavy atom. The monoisotopic (exact) mass is 307 g/mol. The van der Waals surface area contributed by atoms with Crippen LogP contribution in [-0.4, -0.2) is 19.6 Å². The second kappa shape index (κ2) is 6.29. The summed E-state index contributed by atoms with van der Waals surface area (Å²) in [6, 6.07) is 15.7. The Kier molecular flexibility index (Phi) is 4.20. The number of nitrogens with zero attached hydrogens (tertiary/aromatic N) is 1. The quantitative estimate of drug-likeness (QED) is 0.791. The van der Waals surface area contributed by atoms with Gasteiger partial charge in [0.05, 0.1) is 12.8 Å². The molecule has 0 saturated heterocycles. The van der Waals surface area contributed by atoms with Crippen molar-refractivity contribution in [2.75, 3.05) is 18.6 Å². The molecule has 3 rings (SSSR count). The first-order valence-corrected chi connectivity index (χ1v) is 7.87. The van der Waals surface area contributed by atoms with E-state index >= 15 is 0 Å². The summed E-state index contributed by atoms with van der Waals surface area (Å²) in [6.45, 7) is 4.98. The van der Waals surface area contributed by atoms with Gasteiger partial charge in [0.2, 0.25) is 0 Å². The average molecular weight is 307 g/mol. The van der Waals surface area contributed by atoms with E-state index in [1.54, 1.807) is 7.11 Å². The average Bonchev–Trinajstić information content (AvgIpc) is 2.81. The largest absolute Gasteiger partial charge is 0.497 e. The number of rotatable bonds is 4. The molecule has 1 heterocycles. The maximum absolute atomic E-state index is 12.9. The first-order valence-electron chi connectivity index (χ1n) is 7.87. The van der Waals surface area contributed by atoms with Gasteiger partial charge < -0.3 is 9.64 Å². The molecule has 1 amide bonds. The number of anilines is 1. The maximum atomic E-state index is 12.9. The molecule has 1 aliphatic heterocycles. The second-order valence-electron chi connectivity index (χ2n) is 6.16. The Bertz CT molecular complexity index is 744. The predicted octanol–water partition coefficient (Wildman–Crippen LogP) is 4.24. The van der Waals surface area contributed by atoms with E-state index in [-0.39, 0.29) is 5.91 Å². The van der Waals surface area contributed by atoms with Gasteiger partial charge in [-0.2, -0.15) is 0 Å². The fraction of sp³-hybridized carbons (Fsp3) is 0.250. The number of ether oxygens (including phenoxy) is 1. The van der Waals surface area contributed by atoms with E-state index in [1.807, 2.05) is 59.5 Å². The Balaban J connectivity index is 2.01. The molecule has 0 spiro atoms. The smallest absolute Gasteiger partial charge is 0.259 e. The summed E-state index contributed by atoms with van der Waals surface area (Å²) in [5.41, 5.74) is 3.77. The normalized spacial score (nSPS) is 15.4. The lowest BCUT2D eigenvalue weighted by atomic mass is 10.0. The number of hydrogen-bond acceptors (Lipinski definition) is 2. The maximum Gasteiger partial charge on any atom is 0.259 e. The standard InChI is InChI=1S/C20H21NO2/c1-14(2)13-21-19-7-5-4-6-17(19)18(20(21)22)12-15-8-10-16(23-3)11-9-15/h4-12,14H,13H2,1-3H3/b18-12-. The predicted molar refractivity (Wildman–Crippen MR) is 94.5 cm³/mol. The van der Waals surface area contributed by atoms with Crippen molar-refractivity contribution in [3.05, 3.63) is 59.7 Å². The summed E-state index contributed by atoms with van der Waals surface area (Å²) in [6.07, 6.45) is 1.96. The molecule has 3 nitrogen and oxygen atoms in total. The van der Waals surface area contributed by atoms with Crippen molar-refractivity contribution in [1.29, 1.82) is 0 Å². The highest BCUT2D eigenvalue weighted by Gasteiger charge is 2.32. The highest BCUT2D eigenvalue weighted by atomic mass is 16.5. The molecule has 0 atom stereocenters. The minimum atomic E-state index is 0.0794. The highest BCUT2D eigenvalue weighted by molar-refractivity contribution is 6.35. The minimum absolute atomic E-state index is 0.0794. The van der Waals surface area contributed by atoms with Crippen molar-refractivity contribution >= 4 is 23.2 Å². The molecule has 2 aromatic carbocycles. The van der Waals surface area contributed by atoms with Crippen LogP contribution in [0, 0.1) is 5.92 Å². The molecule has 0 unspecified atom stereocenters. The molecule has 0 aromatic heterocycles. The molecular formula is C20H21NO2. The first-order chi connectivity index (χ1) is 11.1. The Morgan fingerprint density at radius 1 is 1.09 bits per heavy atom. The molecule has 0 radical (unpaired) electrons. The molecule has 2 aromatic rings. The van der Waals surface area contributed by atoms with Gasteiger partial charge in [0, 0.05) is 17.7 Å². The van der Waals surface area contributed by atoms with Gasteiger partial charge >= 0.3 is 0 Å². The van der Waals surface area contributed by atoms with E-state index in [0.717, 1.165) is 34.7 Å². The molecule has 3 heteroatoms. The third-order valence-electron chi connectivity index (χ3n) is 3.94. The van der Waals surface area contributed by atoms with E-state index < -0.39 is 0 Å². The van der Waals surface area contributed by atoms with Crippen LogP contribution in [0.5, 0.6) is 5.75 Å². The molecule has 118 valence electrons. The van der Waals surface area contributed by atoms with Gasteiger partial charge in [-0.3, -0.25) is 4.79 Å². The zero-order chi connectivity index (χ0) is 16.4. The summed E-state index contributed by atoms with van der Waals surface area (Å²) < 4.78 is 5.18. The van der Waals surface area contributed by atoms with Crippen LogP contribution in [-0.2, 0) is 4.79 Å². The first kappa shape index (κ1) is 15.3. The van der Waals surface area contributed by atoms with E-state index in [0.29, 0.717) is 5.92 Å². The van der Waals surface area contributed by atoms with Gasteiger partial charge in [-0.15, -0.1) is 0 Å². The van der Waals surface area contributed by atoms with E-state index in [2.05, 4.69) is 13.8 Å². The number of hydrogen-bond donors (Lipinski definition) is 0. The molecule has 0 fully saturated rings. The van der Waals surface area contributed by atoms with Gasteiger partial charge in [0.25, 0.3) is 5.91 Å². The van der Waals surface area contributed by atoms with Crippen LogP contribution < -0.4 is 9.64 Å². The number of benzene rings is 2. The van der Waals surface area contributed by atoms with Crippen molar-refractivity contribution in [2.45, 2.75) is 13.8 Å². The Labute approximate surface area is 137 Å². The number of carbonyl (C=O) groups excluding carboxylic acids is 1. The van der Waals surface area contributed by atoms with Crippen molar-refractivity contribution < 1.29 is 9.53 Å². The summed E-state index contributed by atoms with van der Waals surface area (Å²) in [5.74, 6) is 1.31. The van der Waals surface area contributed by atoms with E-state index in [1.165, 1.54) is 0 Å². The van der Waals surface area contributed by atoms with Gasteiger partial charge in [-0.25, -0.2) is 0 Å². The van der Waals surface area contributed by atoms with Crippen LogP contribution in [0.4, 0.5) is 5.69 Å². The summed E-state index contributed by atoms with van der Waals surface area (Å²) in [5, 5.41) is 0. The lowest BCUT2D eigenvalue weighted by molar-refractivity contribution is -0.113. The molecular weight excluding hydrogens is 286 g/mol. The third-order valence-corrected chi connectivity index (χ3v) is 3.94. The zero-order valence-electron chi connectivity index (χ0n) is 13.7.